The largest absolute Gasteiger partial charge is 0.496 e. The van der Waals surface area contributed by atoms with Crippen LogP contribution in [0, 0.1) is 10.1 Å². The predicted molar refractivity (Wildman–Crippen MR) is 89.9 cm³/mol. The molecule has 0 bridgehead atoms. The Morgan fingerprint density at radius 2 is 2.21 bits per heavy atom. The molecule has 0 radical (unpaired) electrons. The van der Waals surface area contributed by atoms with Gasteiger partial charge in [0.1, 0.15) is 12.1 Å². The molecule has 122 valence electrons. The van der Waals surface area contributed by atoms with Crippen LogP contribution in [0.15, 0.2) is 33.8 Å². The van der Waals surface area contributed by atoms with E-state index in [1.807, 2.05) is 0 Å². The Balaban J connectivity index is 2.16. The first-order valence-corrected chi connectivity index (χ1v) is 7.42. The summed E-state index contributed by atoms with van der Waals surface area (Å²) in [4.78, 5) is 30.6. The smallest absolute Gasteiger partial charge is 0.361 e. The highest BCUT2D eigenvalue weighted by Gasteiger charge is 2.22. The molecule has 9 nitrogen and oxygen atoms in total. The molecule has 24 heavy (non-hydrogen) atoms. The second-order valence-electron chi connectivity index (χ2n) is 4.65. The van der Waals surface area contributed by atoms with Crippen LogP contribution in [0.1, 0.15) is 11.3 Å². The lowest BCUT2D eigenvalue weighted by Crippen LogP contribution is -2.20. The van der Waals surface area contributed by atoms with Gasteiger partial charge in [0.25, 0.3) is 5.78 Å². The van der Waals surface area contributed by atoms with Crippen LogP contribution in [0.3, 0.4) is 0 Å². The standard InChI is InChI=1S/C14H10BrN5O4/c1-24-11-5-3-9(15)6-8(11)2-4-10-12(20(22)23)13(21)19-14(18-10)16-7-17-19/h2-7H,1H3,(H,16,17,18)/b4-2+. The molecule has 0 amide bonds. The summed E-state index contributed by atoms with van der Waals surface area (Å²) in [6.45, 7) is 0. The van der Waals surface area contributed by atoms with E-state index in [2.05, 4.69) is 31.0 Å². The molecule has 3 aromatic rings. The summed E-state index contributed by atoms with van der Waals surface area (Å²) in [5.41, 5.74) is -0.880. The van der Waals surface area contributed by atoms with Crippen molar-refractivity contribution >= 4 is 39.5 Å². The van der Waals surface area contributed by atoms with Crippen LogP contribution < -0.4 is 10.3 Å². The molecule has 0 fully saturated rings. The van der Waals surface area contributed by atoms with Crippen molar-refractivity contribution in [2.45, 2.75) is 0 Å². The lowest BCUT2D eigenvalue weighted by Gasteiger charge is -2.05. The third kappa shape index (κ3) is 2.78. The number of halogens is 1. The van der Waals surface area contributed by atoms with Gasteiger partial charge in [-0.15, -0.1) is 0 Å². The van der Waals surface area contributed by atoms with E-state index in [4.69, 9.17) is 4.74 Å². The lowest BCUT2D eigenvalue weighted by molar-refractivity contribution is -0.386. The fraction of sp³-hybridized carbons (Fsp3) is 0.0714. The summed E-state index contributed by atoms with van der Waals surface area (Å²) in [6.07, 6.45) is 4.21. The fourth-order valence-corrected chi connectivity index (χ4v) is 2.54. The number of fused-ring (bicyclic) bond motifs is 1. The molecular weight excluding hydrogens is 382 g/mol. The lowest BCUT2D eigenvalue weighted by atomic mass is 10.1. The van der Waals surface area contributed by atoms with Gasteiger partial charge < -0.3 is 4.74 Å². The van der Waals surface area contributed by atoms with E-state index in [-0.39, 0.29) is 11.5 Å². The minimum absolute atomic E-state index is 0.0476. The predicted octanol–water partition coefficient (Wildman–Crippen LogP) is 2.27. The second-order valence-corrected chi connectivity index (χ2v) is 5.57. The van der Waals surface area contributed by atoms with Crippen molar-refractivity contribution in [1.82, 2.24) is 19.6 Å². The number of nitrogens with one attached hydrogen (secondary N) is 1. The Bertz CT molecular complexity index is 1020. The van der Waals surface area contributed by atoms with E-state index in [0.717, 1.165) is 8.99 Å². The minimum atomic E-state index is -0.830. The number of aromatic nitrogens is 4. The Labute approximate surface area is 142 Å². The van der Waals surface area contributed by atoms with Crippen molar-refractivity contribution in [2.75, 3.05) is 7.11 Å². The van der Waals surface area contributed by atoms with Crippen molar-refractivity contribution in [3.63, 3.8) is 0 Å². The number of ether oxygens (including phenoxy) is 1. The number of aromatic amines is 1. The Kier molecular flexibility index (Phi) is 4.13. The monoisotopic (exact) mass is 391 g/mol. The van der Waals surface area contributed by atoms with Crippen LogP contribution in [-0.4, -0.2) is 31.6 Å². The van der Waals surface area contributed by atoms with Gasteiger partial charge in [-0.05, 0) is 30.4 Å². The maximum Gasteiger partial charge on any atom is 0.361 e. The van der Waals surface area contributed by atoms with Gasteiger partial charge >= 0.3 is 11.2 Å². The van der Waals surface area contributed by atoms with Crippen LogP contribution in [0.4, 0.5) is 5.69 Å². The van der Waals surface area contributed by atoms with E-state index in [1.54, 1.807) is 24.3 Å². The molecule has 2 aromatic heterocycles. The zero-order chi connectivity index (χ0) is 17.3. The van der Waals surface area contributed by atoms with Crippen molar-refractivity contribution in [1.29, 1.82) is 0 Å². The van der Waals surface area contributed by atoms with Crippen molar-refractivity contribution in [3.8, 4) is 5.75 Å². The van der Waals surface area contributed by atoms with Crippen molar-refractivity contribution < 1.29 is 9.66 Å². The average molecular weight is 392 g/mol. The van der Waals surface area contributed by atoms with Gasteiger partial charge in [0.05, 0.1) is 12.0 Å². The first-order valence-electron chi connectivity index (χ1n) is 6.63. The average Bonchev–Trinajstić information content (AvgIpc) is 3.01. The normalized spacial score (nSPS) is 11.2. The molecular formula is C14H10BrN5O4. The molecule has 0 aliphatic heterocycles. The van der Waals surface area contributed by atoms with E-state index in [9.17, 15) is 14.9 Å². The summed E-state index contributed by atoms with van der Waals surface area (Å²) >= 11 is 3.35. The number of hydrogen-bond donors (Lipinski definition) is 1. The number of nitro groups is 1. The summed E-state index contributed by atoms with van der Waals surface area (Å²) in [5.74, 6) is 0.626. The molecule has 2 heterocycles. The number of nitrogens with zero attached hydrogens (tertiary/aromatic N) is 4. The fourth-order valence-electron chi connectivity index (χ4n) is 2.16. The van der Waals surface area contributed by atoms with Gasteiger partial charge in [-0.2, -0.15) is 4.52 Å². The number of methoxy groups -OCH3 is 1. The summed E-state index contributed by atoms with van der Waals surface area (Å²) in [6, 6.07) is 5.33. The first kappa shape index (κ1) is 15.9. The summed E-state index contributed by atoms with van der Waals surface area (Å²) in [5, 5.41) is 13.7. The second kappa shape index (κ2) is 6.24. The number of benzene rings is 1. The highest BCUT2D eigenvalue weighted by Crippen LogP contribution is 2.25. The Hall–Kier alpha value is -3.01. The van der Waals surface area contributed by atoms with Crippen LogP contribution in [0.2, 0.25) is 0 Å². The summed E-state index contributed by atoms with van der Waals surface area (Å²) < 4.78 is 6.96. The summed E-state index contributed by atoms with van der Waals surface area (Å²) in [7, 11) is 1.52. The van der Waals surface area contributed by atoms with Crippen LogP contribution in [-0.2, 0) is 0 Å². The zero-order valence-electron chi connectivity index (χ0n) is 12.3. The van der Waals surface area contributed by atoms with E-state index in [1.165, 1.54) is 19.5 Å². The quantitative estimate of drug-likeness (QED) is 0.538. The SMILES string of the molecule is COc1ccc(Br)cc1/C=C/c1nc2nc[nH]n2c(=O)c1[N+](=O)[O-]. The van der Waals surface area contributed by atoms with E-state index >= 15 is 0 Å². The van der Waals surface area contributed by atoms with Crippen LogP contribution >= 0.6 is 15.9 Å². The van der Waals surface area contributed by atoms with Gasteiger partial charge in [-0.1, -0.05) is 15.9 Å². The molecule has 1 aromatic carbocycles. The van der Waals surface area contributed by atoms with Gasteiger partial charge in [-0.3, -0.25) is 20.0 Å². The highest BCUT2D eigenvalue weighted by atomic mass is 79.9. The first-order chi connectivity index (χ1) is 11.5. The zero-order valence-corrected chi connectivity index (χ0v) is 13.8. The molecule has 1 N–H and O–H groups in total. The maximum atomic E-state index is 12.2. The van der Waals surface area contributed by atoms with E-state index in [0.29, 0.717) is 11.3 Å². The molecule has 10 heteroatoms. The van der Waals surface area contributed by atoms with Crippen LogP contribution in [0.5, 0.6) is 5.75 Å². The maximum absolute atomic E-state index is 12.2. The molecule has 0 aliphatic rings. The van der Waals surface area contributed by atoms with Gasteiger partial charge in [-0.25, -0.2) is 9.97 Å². The van der Waals surface area contributed by atoms with Gasteiger partial charge in [0.2, 0.25) is 0 Å². The molecule has 0 atom stereocenters. The van der Waals surface area contributed by atoms with E-state index < -0.39 is 16.2 Å². The number of hydrogen-bond acceptors (Lipinski definition) is 6. The molecule has 0 aliphatic carbocycles. The molecule has 0 unspecified atom stereocenters. The molecule has 0 saturated heterocycles. The van der Waals surface area contributed by atoms with Gasteiger partial charge in [0, 0.05) is 10.0 Å². The Morgan fingerprint density at radius 3 is 2.92 bits per heavy atom. The number of H-pyrrole nitrogens is 1. The Morgan fingerprint density at radius 1 is 1.42 bits per heavy atom. The third-order valence-corrected chi connectivity index (χ3v) is 3.72. The topological polar surface area (TPSA) is 115 Å². The molecule has 0 saturated carbocycles. The highest BCUT2D eigenvalue weighted by molar-refractivity contribution is 9.10. The van der Waals surface area contributed by atoms with Crippen molar-refractivity contribution in [2.24, 2.45) is 0 Å². The van der Waals surface area contributed by atoms with Gasteiger partial charge in [0.15, 0.2) is 5.69 Å². The molecule has 3 rings (SSSR count). The molecule has 0 spiro atoms. The minimum Gasteiger partial charge on any atom is -0.496 e. The third-order valence-electron chi connectivity index (χ3n) is 3.23. The number of rotatable bonds is 4. The van der Waals surface area contributed by atoms with Crippen molar-refractivity contribution in [3.05, 3.63) is 60.7 Å². The van der Waals surface area contributed by atoms with Crippen LogP contribution in [0.25, 0.3) is 17.9 Å².